The van der Waals surface area contributed by atoms with Gasteiger partial charge in [0.05, 0.1) is 19.3 Å². The molecular weight excluding hydrogens is 332 g/mol. The molecule has 0 bridgehead atoms. The Morgan fingerprint density at radius 2 is 1.77 bits per heavy atom. The second-order valence-corrected chi connectivity index (χ2v) is 6.69. The van der Waals surface area contributed by atoms with Crippen LogP contribution in [0.15, 0.2) is 30.3 Å². The maximum Gasteiger partial charge on any atom is 0.232 e. The normalized spacial score (nSPS) is 21.0. The van der Waals surface area contributed by atoms with Gasteiger partial charge in [-0.2, -0.15) is 15.0 Å². The van der Waals surface area contributed by atoms with Gasteiger partial charge in [-0.3, -0.25) is 4.90 Å². The molecule has 138 valence electrons. The fourth-order valence-electron chi connectivity index (χ4n) is 3.50. The minimum Gasteiger partial charge on any atom is -0.368 e. The first-order valence-corrected chi connectivity index (χ1v) is 8.99. The average molecular weight is 356 g/mol. The summed E-state index contributed by atoms with van der Waals surface area (Å²) in [4.78, 5) is 15.5. The molecule has 1 aromatic carbocycles. The molecule has 0 amide bonds. The van der Waals surface area contributed by atoms with Crippen LogP contribution in [-0.2, 0) is 9.47 Å². The minimum absolute atomic E-state index is 0.0374. The number of nitrogen functional groups attached to an aromatic ring is 1. The molecule has 1 spiro atoms. The summed E-state index contributed by atoms with van der Waals surface area (Å²) in [7, 11) is 0. The Balaban J connectivity index is 1.46. The van der Waals surface area contributed by atoms with E-state index in [4.69, 9.17) is 15.2 Å². The van der Waals surface area contributed by atoms with Crippen LogP contribution in [-0.4, -0.2) is 51.9 Å². The third kappa shape index (κ3) is 3.62. The third-order valence-electron chi connectivity index (χ3n) is 4.99. The first-order valence-electron chi connectivity index (χ1n) is 8.99. The Morgan fingerprint density at radius 3 is 2.46 bits per heavy atom. The van der Waals surface area contributed by atoms with Crippen molar-refractivity contribution in [3.63, 3.8) is 0 Å². The van der Waals surface area contributed by atoms with Gasteiger partial charge in [0.2, 0.25) is 11.9 Å². The highest BCUT2D eigenvalue weighted by atomic mass is 16.7. The van der Waals surface area contributed by atoms with E-state index < -0.39 is 0 Å². The molecular formula is C18H24N6O2. The zero-order valence-electron chi connectivity index (χ0n) is 14.9. The van der Waals surface area contributed by atoms with Crippen LogP contribution in [0.1, 0.15) is 31.6 Å². The molecule has 0 saturated carbocycles. The summed E-state index contributed by atoms with van der Waals surface area (Å²) in [6.07, 6.45) is 1.71. The van der Waals surface area contributed by atoms with E-state index in [0.717, 1.165) is 31.6 Å². The van der Waals surface area contributed by atoms with E-state index in [2.05, 4.69) is 32.1 Å². The van der Waals surface area contributed by atoms with E-state index in [1.165, 1.54) is 0 Å². The van der Waals surface area contributed by atoms with Crippen molar-refractivity contribution >= 4 is 17.6 Å². The number of para-hydroxylation sites is 1. The quantitative estimate of drug-likeness (QED) is 0.859. The summed E-state index contributed by atoms with van der Waals surface area (Å²) in [6.45, 7) is 5.21. The van der Waals surface area contributed by atoms with E-state index in [1.54, 1.807) is 0 Å². The van der Waals surface area contributed by atoms with Gasteiger partial charge in [0.25, 0.3) is 0 Å². The van der Waals surface area contributed by atoms with Crippen molar-refractivity contribution in [2.24, 2.45) is 0 Å². The van der Waals surface area contributed by atoms with E-state index in [0.29, 0.717) is 25.0 Å². The lowest BCUT2D eigenvalue weighted by Gasteiger charge is -2.39. The number of likely N-dealkylation sites (tertiary alicyclic amines) is 1. The van der Waals surface area contributed by atoms with Gasteiger partial charge in [0.1, 0.15) is 0 Å². The van der Waals surface area contributed by atoms with Gasteiger partial charge in [-0.05, 0) is 19.1 Å². The lowest BCUT2D eigenvalue weighted by molar-refractivity contribution is -0.187. The Labute approximate surface area is 152 Å². The largest absolute Gasteiger partial charge is 0.368 e. The number of nitrogens with zero attached hydrogens (tertiary/aromatic N) is 4. The predicted molar refractivity (Wildman–Crippen MR) is 97.8 cm³/mol. The number of hydrogen-bond acceptors (Lipinski definition) is 8. The molecule has 2 aliphatic heterocycles. The molecule has 4 rings (SSSR count). The van der Waals surface area contributed by atoms with Gasteiger partial charge in [-0.15, -0.1) is 0 Å². The van der Waals surface area contributed by atoms with Crippen LogP contribution < -0.4 is 11.1 Å². The molecule has 2 aliphatic rings. The van der Waals surface area contributed by atoms with Crippen LogP contribution in [0.3, 0.4) is 0 Å². The van der Waals surface area contributed by atoms with E-state index in [1.807, 2.05) is 30.3 Å². The topological polar surface area (TPSA) is 98.4 Å². The number of nitrogens with one attached hydrogen (secondary N) is 1. The maximum atomic E-state index is 5.91. The Kier molecular flexibility index (Phi) is 4.71. The number of hydrogen-bond donors (Lipinski definition) is 2. The number of rotatable bonds is 4. The van der Waals surface area contributed by atoms with Gasteiger partial charge < -0.3 is 20.5 Å². The second-order valence-electron chi connectivity index (χ2n) is 6.69. The van der Waals surface area contributed by atoms with Crippen molar-refractivity contribution < 1.29 is 9.47 Å². The molecule has 8 heteroatoms. The summed E-state index contributed by atoms with van der Waals surface area (Å²) in [5, 5.41) is 3.18. The zero-order chi connectivity index (χ0) is 18.0. The number of aromatic nitrogens is 3. The molecule has 0 radical (unpaired) electrons. The van der Waals surface area contributed by atoms with E-state index >= 15 is 0 Å². The van der Waals surface area contributed by atoms with E-state index in [9.17, 15) is 0 Å². The SMILES string of the molecule is CC(c1nc(N)nc(Nc2ccccc2)n1)N1CCC2(CC1)OCCO2. The second kappa shape index (κ2) is 7.14. The van der Waals surface area contributed by atoms with Gasteiger partial charge in [0.15, 0.2) is 11.6 Å². The molecule has 8 nitrogen and oxygen atoms in total. The summed E-state index contributed by atoms with van der Waals surface area (Å²) in [5.74, 6) is 0.965. The van der Waals surface area contributed by atoms with Gasteiger partial charge in [0, 0.05) is 31.6 Å². The van der Waals surface area contributed by atoms with Gasteiger partial charge >= 0.3 is 0 Å². The number of nitrogens with two attached hydrogens (primary N) is 1. The van der Waals surface area contributed by atoms with Crippen molar-refractivity contribution in [3.8, 4) is 0 Å². The van der Waals surface area contributed by atoms with Gasteiger partial charge in [-0.1, -0.05) is 18.2 Å². The molecule has 1 unspecified atom stereocenters. The van der Waals surface area contributed by atoms with Crippen LogP contribution in [0.25, 0.3) is 0 Å². The maximum absolute atomic E-state index is 5.91. The van der Waals surface area contributed by atoms with Crippen LogP contribution in [0.5, 0.6) is 0 Å². The predicted octanol–water partition coefficient (Wildman–Crippen LogP) is 2.10. The summed E-state index contributed by atoms with van der Waals surface area (Å²) >= 11 is 0. The molecule has 0 aliphatic carbocycles. The van der Waals surface area contributed by atoms with Crippen molar-refractivity contribution in [3.05, 3.63) is 36.2 Å². The number of anilines is 3. The zero-order valence-corrected chi connectivity index (χ0v) is 14.9. The molecule has 2 saturated heterocycles. The molecule has 3 heterocycles. The highest BCUT2D eigenvalue weighted by Crippen LogP contribution is 2.34. The number of benzene rings is 1. The fraction of sp³-hybridized carbons (Fsp3) is 0.500. The van der Waals surface area contributed by atoms with Crippen molar-refractivity contribution in [2.75, 3.05) is 37.4 Å². The summed E-state index contributed by atoms with van der Waals surface area (Å²) in [6, 6.07) is 9.81. The highest BCUT2D eigenvalue weighted by Gasteiger charge is 2.41. The number of piperidine rings is 1. The molecule has 3 N–H and O–H groups in total. The monoisotopic (exact) mass is 356 g/mol. The van der Waals surface area contributed by atoms with Gasteiger partial charge in [-0.25, -0.2) is 0 Å². The third-order valence-corrected chi connectivity index (χ3v) is 4.99. The smallest absolute Gasteiger partial charge is 0.232 e. The summed E-state index contributed by atoms with van der Waals surface area (Å²) < 4.78 is 11.6. The lowest BCUT2D eigenvalue weighted by atomic mass is 10.0. The highest BCUT2D eigenvalue weighted by molar-refractivity contribution is 5.53. The van der Waals surface area contributed by atoms with Crippen LogP contribution in [0.2, 0.25) is 0 Å². The van der Waals surface area contributed by atoms with Crippen molar-refractivity contribution in [1.82, 2.24) is 19.9 Å². The molecule has 26 heavy (non-hydrogen) atoms. The summed E-state index contributed by atoms with van der Waals surface area (Å²) in [5.41, 5.74) is 6.82. The minimum atomic E-state index is -0.381. The van der Waals surface area contributed by atoms with Crippen molar-refractivity contribution in [1.29, 1.82) is 0 Å². The fourth-order valence-corrected chi connectivity index (χ4v) is 3.50. The van der Waals surface area contributed by atoms with Crippen LogP contribution >= 0.6 is 0 Å². The first kappa shape index (κ1) is 17.1. The van der Waals surface area contributed by atoms with Crippen molar-refractivity contribution in [2.45, 2.75) is 31.6 Å². The lowest BCUT2D eigenvalue weighted by Crippen LogP contribution is -2.46. The number of ether oxygens (including phenoxy) is 2. The Bertz CT molecular complexity index is 741. The van der Waals surface area contributed by atoms with Crippen LogP contribution in [0, 0.1) is 0 Å². The first-order chi connectivity index (χ1) is 12.6. The Morgan fingerprint density at radius 1 is 1.08 bits per heavy atom. The Hall–Kier alpha value is -2.29. The standard InChI is InChI=1S/C18H24N6O2/c1-13(24-9-7-18(8-10-24)25-11-12-26-18)15-21-16(19)23-17(22-15)20-14-5-3-2-4-6-14/h2-6,13H,7-12H2,1H3,(H3,19,20,21,22,23). The molecule has 2 aromatic rings. The average Bonchev–Trinajstić information content (AvgIpc) is 3.10. The molecule has 1 atom stereocenters. The van der Waals surface area contributed by atoms with Crippen LogP contribution in [0.4, 0.5) is 17.6 Å². The van der Waals surface area contributed by atoms with E-state index in [-0.39, 0.29) is 17.8 Å². The molecule has 1 aromatic heterocycles. The molecule has 2 fully saturated rings.